The van der Waals surface area contributed by atoms with Crippen molar-refractivity contribution in [2.45, 2.75) is 13.3 Å². The van der Waals surface area contributed by atoms with Crippen molar-refractivity contribution in [3.05, 3.63) is 71.2 Å². The van der Waals surface area contributed by atoms with Gasteiger partial charge in [0.1, 0.15) is 5.82 Å². The lowest BCUT2D eigenvalue weighted by atomic mass is 9.97. The van der Waals surface area contributed by atoms with Crippen molar-refractivity contribution < 1.29 is 4.39 Å². The number of aromatic amines is 1. The first-order valence-corrected chi connectivity index (χ1v) is 6.04. The lowest BCUT2D eigenvalue weighted by Crippen LogP contribution is -1.95. The van der Waals surface area contributed by atoms with Crippen LogP contribution in [-0.4, -0.2) is 4.98 Å². The Kier molecular flexibility index (Phi) is 2.63. The monoisotopic (exact) mass is 239 g/mol. The van der Waals surface area contributed by atoms with Gasteiger partial charge in [-0.2, -0.15) is 0 Å². The van der Waals surface area contributed by atoms with Gasteiger partial charge in [0.25, 0.3) is 0 Å². The Morgan fingerprint density at radius 1 is 1.06 bits per heavy atom. The van der Waals surface area contributed by atoms with E-state index < -0.39 is 0 Å². The van der Waals surface area contributed by atoms with Gasteiger partial charge in [0, 0.05) is 23.5 Å². The summed E-state index contributed by atoms with van der Waals surface area (Å²) >= 11 is 0. The van der Waals surface area contributed by atoms with Crippen molar-refractivity contribution in [2.75, 3.05) is 0 Å². The summed E-state index contributed by atoms with van der Waals surface area (Å²) in [4.78, 5) is 3.19. The molecule has 0 aliphatic rings. The van der Waals surface area contributed by atoms with Crippen molar-refractivity contribution in [3.8, 4) is 0 Å². The zero-order valence-corrected chi connectivity index (χ0v) is 10.2. The van der Waals surface area contributed by atoms with Crippen LogP contribution in [0.25, 0.3) is 10.9 Å². The molecular formula is C16H14FN. The van der Waals surface area contributed by atoms with E-state index in [9.17, 15) is 4.39 Å². The molecule has 0 spiro atoms. The number of benzene rings is 2. The molecule has 0 aliphatic carbocycles. The van der Waals surface area contributed by atoms with Gasteiger partial charge in [-0.3, -0.25) is 0 Å². The lowest BCUT2D eigenvalue weighted by Gasteiger charge is -2.08. The largest absolute Gasteiger partial charge is 0.361 e. The Balaban J connectivity index is 2.12. The Labute approximate surface area is 105 Å². The summed E-state index contributed by atoms with van der Waals surface area (Å²) < 4.78 is 13.7. The number of aryl methyl sites for hydroxylation is 1. The maximum atomic E-state index is 13.7. The molecule has 1 heterocycles. The maximum Gasteiger partial charge on any atom is 0.126 e. The van der Waals surface area contributed by atoms with E-state index in [2.05, 4.69) is 30.1 Å². The summed E-state index contributed by atoms with van der Waals surface area (Å²) in [7, 11) is 0. The van der Waals surface area contributed by atoms with Crippen LogP contribution in [0.4, 0.5) is 4.39 Å². The number of rotatable bonds is 2. The summed E-state index contributed by atoms with van der Waals surface area (Å²) in [5.74, 6) is -0.135. The molecule has 1 aromatic heterocycles. The average Bonchev–Trinajstić information content (AvgIpc) is 2.83. The van der Waals surface area contributed by atoms with Crippen LogP contribution in [-0.2, 0) is 6.42 Å². The molecule has 0 fully saturated rings. The van der Waals surface area contributed by atoms with Crippen LogP contribution in [0.1, 0.15) is 16.7 Å². The minimum atomic E-state index is -0.135. The van der Waals surface area contributed by atoms with E-state index in [0.29, 0.717) is 6.42 Å². The minimum Gasteiger partial charge on any atom is -0.361 e. The predicted octanol–water partition coefficient (Wildman–Crippen LogP) is 4.21. The highest BCUT2D eigenvalue weighted by molar-refractivity contribution is 5.84. The maximum absolute atomic E-state index is 13.7. The van der Waals surface area contributed by atoms with Crippen molar-refractivity contribution in [3.63, 3.8) is 0 Å². The molecule has 3 aromatic rings. The second kappa shape index (κ2) is 4.30. The zero-order valence-electron chi connectivity index (χ0n) is 10.2. The molecule has 1 N–H and O–H groups in total. The van der Waals surface area contributed by atoms with Crippen LogP contribution >= 0.6 is 0 Å². The zero-order chi connectivity index (χ0) is 12.5. The quantitative estimate of drug-likeness (QED) is 0.689. The number of hydrogen-bond acceptors (Lipinski definition) is 0. The van der Waals surface area contributed by atoms with Crippen LogP contribution in [0.3, 0.4) is 0 Å². The standard InChI is InChI=1S/C16H14FN/c1-11-6-7-16-13(8-9-18-16)14(11)10-12-4-2-3-5-15(12)17/h2-9,18H,10H2,1H3. The van der Waals surface area contributed by atoms with Gasteiger partial charge in [-0.05, 0) is 41.8 Å². The fraction of sp³-hybridized carbons (Fsp3) is 0.125. The molecule has 0 radical (unpaired) electrons. The van der Waals surface area contributed by atoms with Gasteiger partial charge < -0.3 is 4.98 Å². The average molecular weight is 239 g/mol. The van der Waals surface area contributed by atoms with Gasteiger partial charge in [-0.15, -0.1) is 0 Å². The predicted molar refractivity (Wildman–Crippen MR) is 72.2 cm³/mol. The van der Waals surface area contributed by atoms with E-state index in [1.807, 2.05) is 18.3 Å². The Hall–Kier alpha value is -2.09. The summed E-state index contributed by atoms with van der Waals surface area (Å²) in [5, 5.41) is 1.18. The third-order valence-electron chi connectivity index (χ3n) is 3.41. The molecule has 0 amide bonds. The van der Waals surface area contributed by atoms with Gasteiger partial charge in [-0.25, -0.2) is 4.39 Å². The van der Waals surface area contributed by atoms with E-state index in [1.165, 1.54) is 22.6 Å². The molecule has 2 aromatic carbocycles. The summed E-state index contributed by atoms with van der Waals surface area (Å²) in [6.45, 7) is 2.07. The van der Waals surface area contributed by atoms with Crippen molar-refractivity contribution in [1.82, 2.24) is 4.98 Å². The molecule has 0 bridgehead atoms. The van der Waals surface area contributed by atoms with E-state index >= 15 is 0 Å². The van der Waals surface area contributed by atoms with Gasteiger partial charge in [0.05, 0.1) is 0 Å². The number of halogens is 1. The van der Waals surface area contributed by atoms with E-state index in [0.717, 1.165) is 11.1 Å². The second-order valence-electron chi connectivity index (χ2n) is 4.57. The molecule has 18 heavy (non-hydrogen) atoms. The van der Waals surface area contributed by atoms with E-state index in [1.54, 1.807) is 6.07 Å². The molecule has 0 saturated carbocycles. The summed E-state index contributed by atoms with van der Waals surface area (Å²) in [5.41, 5.74) is 4.24. The third-order valence-corrected chi connectivity index (χ3v) is 3.41. The lowest BCUT2D eigenvalue weighted by molar-refractivity contribution is 0.614. The van der Waals surface area contributed by atoms with Crippen LogP contribution in [0.2, 0.25) is 0 Å². The highest BCUT2D eigenvalue weighted by Crippen LogP contribution is 2.24. The number of H-pyrrole nitrogens is 1. The topological polar surface area (TPSA) is 15.8 Å². The van der Waals surface area contributed by atoms with Gasteiger partial charge >= 0.3 is 0 Å². The fourth-order valence-corrected chi connectivity index (χ4v) is 2.37. The first-order valence-electron chi connectivity index (χ1n) is 6.04. The van der Waals surface area contributed by atoms with Crippen molar-refractivity contribution in [2.24, 2.45) is 0 Å². The minimum absolute atomic E-state index is 0.135. The highest BCUT2D eigenvalue weighted by Gasteiger charge is 2.09. The van der Waals surface area contributed by atoms with Gasteiger partial charge in [0.2, 0.25) is 0 Å². The molecule has 3 rings (SSSR count). The smallest absolute Gasteiger partial charge is 0.126 e. The fourth-order valence-electron chi connectivity index (χ4n) is 2.37. The normalized spacial score (nSPS) is 11.0. The molecule has 0 aliphatic heterocycles. The number of hydrogen-bond donors (Lipinski definition) is 1. The SMILES string of the molecule is Cc1ccc2[nH]ccc2c1Cc1ccccc1F. The molecule has 2 heteroatoms. The van der Waals surface area contributed by atoms with Crippen LogP contribution in [0.5, 0.6) is 0 Å². The number of nitrogens with one attached hydrogen (secondary N) is 1. The number of fused-ring (bicyclic) bond motifs is 1. The Morgan fingerprint density at radius 3 is 2.72 bits per heavy atom. The molecule has 90 valence electrons. The third kappa shape index (κ3) is 1.80. The first-order chi connectivity index (χ1) is 8.75. The van der Waals surface area contributed by atoms with Crippen molar-refractivity contribution in [1.29, 1.82) is 0 Å². The van der Waals surface area contributed by atoms with Crippen LogP contribution in [0.15, 0.2) is 48.7 Å². The molecule has 1 nitrogen and oxygen atoms in total. The van der Waals surface area contributed by atoms with Gasteiger partial charge in [0.15, 0.2) is 0 Å². The van der Waals surface area contributed by atoms with E-state index in [4.69, 9.17) is 0 Å². The molecule has 0 saturated heterocycles. The summed E-state index contributed by atoms with van der Waals surface area (Å²) in [6.07, 6.45) is 2.56. The van der Waals surface area contributed by atoms with Gasteiger partial charge in [-0.1, -0.05) is 24.3 Å². The van der Waals surface area contributed by atoms with E-state index in [-0.39, 0.29) is 5.82 Å². The Bertz CT molecular complexity index is 697. The molecule has 0 atom stereocenters. The first kappa shape index (κ1) is 11.0. The Morgan fingerprint density at radius 2 is 1.89 bits per heavy atom. The number of aromatic nitrogens is 1. The van der Waals surface area contributed by atoms with Crippen LogP contribution < -0.4 is 0 Å². The summed E-state index contributed by atoms with van der Waals surface area (Å²) in [6, 6.07) is 13.2. The van der Waals surface area contributed by atoms with Crippen LogP contribution in [0, 0.1) is 12.7 Å². The highest BCUT2D eigenvalue weighted by atomic mass is 19.1. The molecular weight excluding hydrogens is 225 g/mol. The second-order valence-corrected chi connectivity index (χ2v) is 4.57. The van der Waals surface area contributed by atoms with Crippen molar-refractivity contribution >= 4 is 10.9 Å². The molecule has 0 unspecified atom stereocenters.